The van der Waals surface area contributed by atoms with Crippen LogP contribution in [0.4, 0.5) is 0 Å². The maximum atomic E-state index is 12.3. The van der Waals surface area contributed by atoms with Crippen LogP contribution in [0.3, 0.4) is 0 Å². The third-order valence-electron chi connectivity index (χ3n) is 3.71. The van der Waals surface area contributed by atoms with Crippen LogP contribution in [-0.2, 0) is 13.6 Å². The van der Waals surface area contributed by atoms with Crippen LogP contribution in [0, 0.1) is 13.8 Å². The van der Waals surface area contributed by atoms with Gasteiger partial charge in [0, 0.05) is 19.3 Å². The minimum atomic E-state index is -0.353. The van der Waals surface area contributed by atoms with Crippen molar-refractivity contribution in [3.63, 3.8) is 0 Å². The molecule has 0 saturated heterocycles. The Hall–Kier alpha value is -2.56. The molecule has 0 aliphatic heterocycles. The molecule has 1 aromatic heterocycles. The minimum absolute atomic E-state index is 0.196. The Morgan fingerprint density at radius 2 is 1.86 bits per heavy atom. The number of amides is 1. The van der Waals surface area contributed by atoms with Gasteiger partial charge in [-0.25, -0.2) is 0 Å². The molecule has 0 aliphatic rings. The van der Waals surface area contributed by atoms with Crippen molar-refractivity contribution < 1.29 is 9.53 Å². The van der Waals surface area contributed by atoms with Gasteiger partial charge in [0.2, 0.25) is 0 Å². The van der Waals surface area contributed by atoms with Crippen LogP contribution in [0.5, 0.6) is 5.75 Å². The summed E-state index contributed by atoms with van der Waals surface area (Å²) in [4.78, 5) is 24.5. The Morgan fingerprint density at radius 1 is 1.23 bits per heavy atom. The number of benzene rings is 1. The number of aromatic nitrogens is 1. The van der Waals surface area contributed by atoms with Crippen LogP contribution < -0.4 is 15.6 Å². The second kappa shape index (κ2) is 6.47. The summed E-state index contributed by atoms with van der Waals surface area (Å²) in [5.74, 6) is 0.409. The molecule has 0 atom stereocenters. The summed E-state index contributed by atoms with van der Waals surface area (Å²) in [6.07, 6.45) is 0. The van der Waals surface area contributed by atoms with Gasteiger partial charge in [-0.05, 0) is 43.2 Å². The van der Waals surface area contributed by atoms with Crippen LogP contribution in [-0.4, -0.2) is 17.6 Å². The quantitative estimate of drug-likeness (QED) is 0.938. The Morgan fingerprint density at radius 3 is 2.45 bits per heavy atom. The predicted octanol–water partition coefficient (Wildman–Crippen LogP) is 1.94. The molecule has 0 fully saturated rings. The molecule has 0 spiro atoms. The number of carbonyl (C=O) groups is 1. The molecule has 0 bridgehead atoms. The number of rotatable bonds is 4. The lowest BCUT2D eigenvalue weighted by Gasteiger charge is -2.11. The van der Waals surface area contributed by atoms with Crippen molar-refractivity contribution in [1.29, 1.82) is 0 Å². The van der Waals surface area contributed by atoms with E-state index in [-0.39, 0.29) is 17.0 Å². The first-order valence-corrected chi connectivity index (χ1v) is 7.02. The van der Waals surface area contributed by atoms with Gasteiger partial charge < -0.3 is 14.6 Å². The lowest BCUT2D eigenvalue weighted by molar-refractivity contribution is 0.0948. The third kappa shape index (κ3) is 3.19. The summed E-state index contributed by atoms with van der Waals surface area (Å²) in [5, 5.41) is 2.79. The number of methoxy groups -OCH3 is 1. The fraction of sp³-hybridized carbons (Fsp3) is 0.294. The fourth-order valence-electron chi connectivity index (χ4n) is 2.27. The third-order valence-corrected chi connectivity index (χ3v) is 3.71. The predicted molar refractivity (Wildman–Crippen MR) is 85.3 cm³/mol. The van der Waals surface area contributed by atoms with E-state index in [9.17, 15) is 9.59 Å². The standard InChI is InChI=1S/C17H20N2O3/c1-11-9-12(2)19(3)17(21)15(11)16(20)18-10-13-5-7-14(22-4)8-6-13/h5-9H,10H2,1-4H3,(H,18,20). The van der Waals surface area contributed by atoms with Crippen LogP contribution in [0.1, 0.15) is 27.2 Å². The van der Waals surface area contributed by atoms with Crippen LogP contribution in [0.2, 0.25) is 0 Å². The van der Waals surface area contributed by atoms with Crippen molar-refractivity contribution in [2.24, 2.45) is 7.05 Å². The largest absolute Gasteiger partial charge is 0.497 e. The second-order valence-electron chi connectivity index (χ2n) is 5.24. The number of hydrogen-bond acceptors (Lipinski definition) is 3. The van der Waals surface area contributed by atoms with E-state index in [2.05, 4.69) is 5.32 Å². The molecule has 2 rings (SSSR count). The van der Waals surface area contributed by atoms with Gasteiger partial charge in [-0.1, -0.05) is 12.1 Å². The fourth-order valence-corrected chi connectivity index (χ4v) is 2.27. The van der Waals surface area contributed by atoms with Crippen molar-refractivity contribution >= 4 is 5.91 Å². The maximum Gasteiger partial charge on any atom is 0.263 e. The molecule has 116 valence electrons. The van der Waals surface area contributed by atoms with Gasteiger partial charge in [0.25, 0.3) is 11.5 Å². The van der Waals surface area contributed by atoms with Gasteiger partial charge in [-0.2, -0.15) is 0 Å². The number of hydrogen-bond donors (Lipinski definition) is 1. The molecule has 5 nitrogen and oxygen atoms in total. The minimum Gasteiger partial charge on any atom is -0.497 e. The molecule has 2 aromatic rings. The molecule has 1 aromatic carbocycles. The highest BCUT2D eigenvalue weighted by molar-refractivity contribution is 5.95. The average molecular weight is 300 g/mol. The van der Waals surface area contributed by atoms with E-state index < -0.39 is 0 Å². The van der Waals surface area contributed by atoms with Gasteiger partial charge in [-0.3, -0.25) is 9.59 Å². The molecule has 1 heterocycles. The van der Waals surface area contributed by atoms with E-state index in [4.69, 9.17) is 4.74 Å². The lowest BCUT2D eigenvalue weighted by atomic mass is 10.1. The zero-order chi connectivity index (χ0) is 16.3. The summed E-state index contributed by atoms with van der Waals surface area (Å²) in [7, 11) is 3.27. The summed E-state index contributed by atoms with van der Waals surface area (Å²) in [5.41, 5.74) is 2.38. The van der Waals surface area contributed by atoms with Crippen LogP contribution in [0.15, 0.2) is 35.1 Å². The Bertz CT molecular complexity index is 746. The number of nitrogens with zero attached hydrogens (tertiary/aromatic N) is 1. The number of pyridine rings is 1. The Labute approximate surface area is 129 Å². The molecule has 1 amide bonds. The van der Waals surface area contributed by atoms with E-state index in [1.54, 1.807) is 21.1 Å². The molecule has 1 N–H and O–H groups in total. The van der Waals surface area contributed by atoms with Crippen molar-refractivity contribution in [2.45, 2.75) is 20.4 Å². The summed E-state index contributed by atoms with van der Waals surface area (Å²) in [6.45, 7) is 3.98. The van der Waals surface area contributed by atoms with Gasteiger partial charge in [0.15, 0.2) is 0 Å². The molecular formula is C17H20N2O3. The van der Waals surface area contributed by atoms with E-state index in [0.29, 0.717) is 12.1 Å². The van der Waals surface area contributed by atoms with E-state index in [0.717, 1.165) is 17.0 Å². The van der Waals surface area contributed by atoms with Gasteiger partial charge >= 0.3 is 0 Å². The molecule has 0 saturated carbocycles. The number of aryl methyl sites for hydroxylation is 2. The van der Waals surface area contributed by atoms with Gasteiger partial charge in [-0.15, -0.1) is 0 Å². The molecule has 0 radical (unpaired) electrons. The van der Waals surface area contributed by atoms with Crippen LogP contribution in [0.25, 0.3) is 0 Å². The lowest BCUT2D eigenvalue weighted by Crippen LogP contribution is -2.33. The number of ether oxygens (including phenoxy) is 1. The first-order chi connectivity index (χ1) is 10.4. The summed E-state index contributed by atoms with van der Waals surface area (Å²) >= 11 is 0. The highest BCUT2D eigenvalue weighted by Gasteiger charge is 2.15. The Balaban J connectivity index is 2.16. The zero-order valence-corrected chi connectivity index (χ0v) is 13.3. The van der Waals surface area contributed by atoms with Crippen molar-refractivity contribution in [1.82, 2.24) is 9.88 Å². The first kappa shape index (κ1) is 15.8. The zero-order valence-electron chi connectivity index (χ0n) is 13.3. The summed E-state index contributed by atoms with van der Waals surface area (Å²) < 4.78 is 6.57. The number of carbonyl (C=O) groups excluding carboxylic acids is 1. The second-order valence-corrected chi connectivity index (χ2v) is 5.24. The molecular weight excluding hydrogens is 280 g/mol. The SMILES string of the molecule is COc1ccc(CNC(=O)c2c(C)cc(C)n(C)c2=O)cc1. The smallest absolute Gasteiger partial charge is 0.263 e. The van der Waals surface area contributed by atoms with Crippen molar-refractivity contribution in [2.75, 3.05) is 7.11 Å². The van der Waals surface area contributed by atoms with Crippen LogP contribution >= 0.6 is 0 Å². The van der Waals surface area contributed by atoms with Crippen molar-refractivity contribution in [3.8, 4) is 5.75 Å². The molecule has 0 unspecified atom stereocenters. The number of nitrogens with one attached hydrogen (secondary N) is 1. The molecule has 0 aliphatic carbocycles. The highest BCUT2D eigenvalue weighted by atomic mass is 16.5. The highest BCUT2D eigenvalue weighted by Crippen LogP contribution is 2.11. The van der Waals surface area contributed by atoms with E-state index in [1.165, 1.54) is 4.57 Å². The van der Waals surface area contributed by atoms with Crippen molar-refractivity contribution in [3.05, 3.63) is 63.1 Å². The van der Waals surface area contributed by atoms with Gasteiger partial charge in [0.1, 0.15) is 11.3 Å². The van der Waals surface area contributed by atoms with Gasteiger partial charge in [0.05, 0.1) is 7.11 Å². The topological polar surface area (TPSA) is 60.3 Å². The van der Waals surface area contributed by atoms with E-state index >= 15 is 0 Å². The average Bonchev–Trinajstić information content (AvgIpc) is 2.51. The summed E-state index contributed by atoms with van der Waals surface area (Å²) in [6, 6.07) is 9.25. The van der Waals surface area contributed by atoms with E-state index in [1.807, 2.05) is 37.3 Å². The monoisotopic (exact) mass is 300 g/mol. The molecule has 5 heteroatoms. The molecule has 22 heavy (non-hydrogen) atoms. The Kier molecular flexibility index (Phi) is 4.65. The maximum absolute atomic E-state index is 12.3. The normalized spacial score (nSPS) is 10.4. The first-order valence-electron chi connectivity index (χ1n) is 7.02.